The van der Waals surface area contributed by atoms with Gasteiger partial charge in [0.05, 0.1) is 7.11 Å². The van der Waals surface area contributed by atoms with Crippen molar-refractivity contribution >= 4 is 17.6 Å². The fourth-order valence-electron chi connectivity index (χ4n) is 3.69. The van der Waals surface area contributed by atoms with Crippen LogP contribution in [0.1, 0.15) is 37.0 Å². The molecule has 0 N–H and O–H groups in total. The number of rotatable bonds is 3. The number of hydrogen-bond donors (Lipinski definition) is 0. The number of anilines is 2. The summed E-state index contributed by atoms with van der Waals surface area (Å²) in [6.45, 7) is 2.96. The number of carbonyl (C=O) groups is 1. The van der Waals surface area contributed by atoms with E-state index in [1.165, 1.54) is 27.3 Å². The highest BCUT2D eigenvalue weighted by atomic mass is 19.3. The van der Waals surface area contributed by atoms with Gasteiger partial charge in [-0.1, -0.05) is 13.8 Å². The Labute approximate surface area is 160 Å². The van der Waals surface area contributed by atoms with Crippen molar-refractivity contribution in [3.05, 3.63) is 11.9 Å². The average molecular weight is 404 g/mol. The Bertz CT molecular complexity index is 696. The highest BCUT2D eigenvalue weighted by Crippen LogP contribution is 2.39. The first-order chi connectivity index (χ1) is 13.1. The monoisotopic (exact) mass is 404 g/mol. The van der Waals surface area contributed by atoms with E-state index in [1.54, 1.807) is 9.80 Å². The Morgan fingerprint density at radius 1 is 1.00 bits per heavy atom. The molecule has 0 radical (unpaired) electrons. The van der Waals surface area contributed by atoms with Crippen LogP contribution >= 0.6 is 0 Å². The first-order valence-corrected chi connectivity index (χ1v) is 9.25. The van der Waals surface area contributed by atoms with Gasteiger partial charge in [-0.25, -0.2) is 32.3 Å². The van der Waals surface area contributed by atoms with Gasteiger partial charge < -0.3 is 14.5 Å². The normalized spacial score (nSPS) is 26.8. The summed E-state index contributed by atoms with van der Waals surface area (Å²) in [6.07, 6.45) is 0.508. The largest absolute Gasteiger partial charge is 0.465 e. The van der Waals surface area contributed by atoms with E-state index in [0.717, 1.165) is 0 Å². The third-order valence-corrected chi connectivity index (χ3v) is 5.66. The van der Waals surface area contributed by atoms with Gasteiger partial charge >= 0.3 is 5.97 Å². The van der Waals surface area contributed by atoms with Crippen LogP contribution in [0.25, 0.3) is 0 Å². The minimum atomic E-state index is -2.79. The highest BCUT2D eigenvalue weighted by molar-refractivity contribution is 6.00. The van der Waals surface area contributed by atoms with E-state index in [9.17, 15) is 22.4 Å². The Hall–Kier alpha value is -2.13. The van der Waals surface area contributed by atoms with E-state index in [0.29, 0.717) is 0 Å². The summed E-state index contributed by atoms with van der Waals surface area (Å²) in [5.41, 5.74) is 0.0276. The van der Waals surface area contributed by atoms with Crippen molar-refractivity contribution in [2.45, 2.75) is 38.5 Å². The molecule has 0 aromatic carbocycles. The number of piperidine rings is 2. The van der Waals surface area contributed by atoms with E-state index >= 15 is 0 Å². The number of ether oxygens (including phenoxy) is 1. The van der Waals surface area contributed by atoms with Crippen LogP contribution in [-0.2, 0) is 4.74 Å². The third-order valence-electron chi connectivity index (χ3n) is 5.66. The van der Waals surface area contributed by atoms with Crippen LogP contribution in [-0.4, -0.2) is 61.1 Å². The third kappa shape index (κ3) is 3.73. The van der Waals surface area contributed by atoms with E-state index in [2.05, 4.69) is 9.97 Å². The summed E-state index contributed by atoms with van der Waals surface area (Å²) < 4.78 is 60.3. The van der Waals surface area contributed by atoms with Crippen LogP contribution in [0.4, 0.5) is 29.2 Å². The molecular formula is C18H24F4N4O2. The predicted octanol–water partition coefficient (Wildman–Crippen LogP) is 3.23. The lowest BCUT2D eigenvalue weighted by Gasteiger charge is -2.40. The number of alkyl halides is 4. The molecule has 1 aromatic heterocycles. The molecule has 3 heterocycles. The van der Waals surface area contributed by atoms with Gasteiger partial charge in [0.2, 0.25) is 0 Å². The second-order valence-corrected chi connectivity index (χ2v) is 7.60. The minimum absolute atomic E-state index is 0.0158. The molecule has 0 amide bonds. The summed E-state index contributed by atoms with van der Waals surface area (Å²) in [4.78, 5) is 24.0. The summed E-state index contributed by atoms with van der Waals surface area (Å²) in [6, 6.07) is 0. The van der Waals surface area contributed by atoms with Gasteiger partial charge in [-0.3, -0.25) is 0 Å². The van der Waals surface area contributed by atoms with Gasteiger partial charge in [-0.15, -0.1) is 0 Å². The number of aromatic nitrogens is 2. The number of carbonyl (C=O) groups excluding carboxylic acids is 1. The molecule has 2 atom stereocenters. The highest BCUT2D eigenvalue weighted by Gasteiger charge is 2.44. The maximum atomic E-state index is 13.9. The molecule has 28 heavy (non-hydrogen) atoms. The lowest BCUT2D eigenvalue weighted by Crippen LogP contribution is -2.48. The maximum absolute atomic E-state index is 13.9. The molecular weight excluding hydrogens is 380 g/mol. The summed E-state index contributed by atoms with van der Waals surface area (Å²) in [7, 11) is 1.20. The zero-order valence-electron chi connectivity index (χ0n) is 16.1. The van der Waals surface area contributed by atoms with Crippen molar-refractivity contribution in [1.29, 1.82) is 0 Å². The van der Waals surface area contributed by atoms with Crippen molar-refractivity contribution in [3.63, 3.8) is 0 Å². The molecule has 2 aliphatic rings. The van der Waals surface area contributed by atoms with E-state index in [4.69, 9.17) is 4.74 Å². The number of hydrogen-bond acceptors (Lipinski definition) is 6. The van der Waals surface area contributed by atoms with Gasteiger partial charge in [-0.2, -0.15) is 0 Å². The molecule has 156 valence electrons. The smallest absolute Gasteiger partial charge is 0.345 e. The molecule has 0 bridgehead atoms. The SMILES string of the molecule is COC(=O)c1c(N2CCC(F)(F)C(C)C2)ncnc1N1CCC(F)(F)C(C)C1. The van der Waals surface area contributed by atoms with Crippen molar-refractivity contribution < 1.29 is 27.1 Å². The molecule has 0 aliphatic carbocycles. The molecule has 0 spiro atoms. The van der Waals surface area contributed by atoms with Crippen LogP contribution in [0, 0.1) is 11.8 Å². The average Bonchev–Trinajstić information content (AvgIpc) is 2.65. The van der Waals surface area contributed by atoms with Gasteiger partial charge in [0.1, 0.15) is 23.5 Å². The van der Waals surface area contributed by atoms with Crippen LogP contribution < -0.4 is 9.80 Å². The maximum Gasteiger partial charge on any atom is 0.345 e. The lowest BCUT2D eigenvalue weighted by molar-refractivity contribution is -0.0654. The first-order valence-electron chi connectivity index (χ1n) is 9.25. The van der Waals surface area contributed by atoms with Crippen molar-refractivity contribution in [1.82, 2.24) is 9.97 Å². The molecule has 10 heteroatoms. The van der Waals surface area contributed by atoms with Gasteiger partial charge in [0, 0.05) is 50.9 Å². The topological polar surface area (TPSA) is 58.6 Å². The first kappa shape index (κ1) is 20.6. The van der Waals surface area contributed by atoms with Crippen LogP contribution in [0.5, 0.6) is 0 Å². The molecule has 0 saturated carbocycles. The molecule has 2 fully saturated rings. The molecule has 3 rings (SSSR count). The number of esters is 1. The summed E-state index contributed by atoms with van der Waals surface area (Å²) in [5.74, 6) is -7.73. The number of methoxy groups -OCH3 is 1. The van der Waals surface area contributed by atoms with E-state index in [1.807, 2.05) is 0 Å². The Balaban J connectivity index is 1.97. The zero-order valence-corrected chi connectivity index (χ0v) is 16.1. The fourth-order valence-corrected chi connectivity index (χ4v) is 3.69. The summed E-state index contributed by atoms with van der Waals surface area (Å²) in [5, 5.41) is 0. The number of nitrogens with zero attached hydrogens (tertiary/aromatic N) is 4. The molecule has 2 saturated heterocycles. The van der Waals surface area contributed by atoms with Crippen molar-refractivity contribution in [2.24, 2.45) is 11.8 Å². The standard InChI is InChI=1S/C18H24F4N4O2/c1-11-8-25(6-4-17(11,19)20)14-13(16(27)28-3)15(24-10-23-14)26-7-5-18(21,22)12(2)9-26/h10-12H,4-9H2,1-3H3. The van der Waals surface area contributed by atoms with Crippen LogP contribution in [0.2, 0.25) is 0 Å². The zero-order chi connectivity index (χ0) is 20.7. The summed E-state index contributed by atoms with van der Waals surface area (Å²) >= 11 is 0. The van der Waals surface area contributed by atoms with E-state index in [-0.39, 0.29) is 56.2 Å². The number of halogens is 4. The molecule has 6 nitrogen and oxygen atoms in total. The fraction of sp³-hybridized carbons (Fsp3) is 0.722. The van der Waals surface area contributed by atoms with Crippen molar-refractivity contribution in [2.75, 3.05) is 43.1 Å². The lowest BCUT2D eigenvalue weighted by atomic mass is 9.94. The van der Waals surface area contributed by atoms with Crippen molar-refractivity contribution in [3.8, 4) is 0 Å². The molecule has 2 unspecified atom stereocenters. The minimum Gasteiger partial charge on any atom is -0.465 e. The van der Waals surface area contributed by atoms with E-state index < -0.39 is 29.7 Å². The van der Waals surface area contributed by atoms with Crippen LogP contribution in [0.3, 0.4) is 0 Å². The van der Waals surface area contributed by atoms with Crippen LogP contribution in [0.15, 0.2) is 6.33 Å². The predicted molar refractivity (Wildman–Crippen MR) is 95.3 cm³/mol. The Morgan fingerprint density at radius 3 is 1.79 bits per heavy atom. The van der Waals surface area contributed by atoms with Gasteiger partial charge in [0.15, 0.2) is 0 Å². The molecule has 2 aliphatic heterocycles. The second-order valence-electron chi connectivity index (χ2n) is 7.60. The van der Waals surface area contributed by atoms with Gasteiger partial charge in [0.25, 0.3) is 11.8 Å². The Kier molecular flexibility index (Phi) is 5.42. The van der Waals surface area contributed by atoms with Gasteiger partial charge in [-0.05, 0) is 0 Å². The molecule has 1 aromatic rings. The second kappa shape index (κ2) is 7.36. The Morgan fingerprint density at radius 2 is 1.43 bits per heavy atom. The quantitative estimate of drug-likeness (QED) is 0.570.